The quantitative estimate of drug-likeness (QED) is 0.156. The van der Waals surface area contributed by atoms with Gasteiger partial charge in [-0.05, 0) is 109 Å². The maximum Gasteiger partial charge on any atom is 0.164 e. The van der Waals surface area contributed by atoms with E-state index < -0.39 is 0 Å². The molecule has 15 aromatic rings. The van der Waals surface area contributed by atoms with Gasteiger partial charge in [0.25, 0.3) is 0 Å². The third-order valence-corrected chi connectivity index (χ3v) is 14.7. The Morgan fingerprint density at radius 2 is 0.694 bits per heavy atom. The second kappa shape index (κ2) is 15.9. The minimum absolute atomic E-state index is 0.612. The van der Waals surface area contributed by atoms with E-state index in [-0.39, 0.29) is 0 Å². The van der Waals surface area contributed by atoms with Crippen LogP contribution in [0.2, 0.25) is 0 Å². The smallest absolute Gasteiger partial charge is 0.164 e. The summed E-state index contributed by atoms with van der Waals surface area (Å²) in [7, 11) is 0. The average molecular weight is 916 g/mol. The van der Waals surface area contributed by atoms with Crippen LogP contribution in [-0.2, 0) is 0 Å². The van der Waals surface area contributed by atoms with Crippen LogP contribution < -0.4 is 0 Å². The van der Waals surface area contributed by atoms with E-state index in [1.165, 1.54) is 75.8 Å². The molecule has 0 N–H and O–H groups in total. The fraction of sp³-hybridized carbons (Fsp3) is 0. The second-order valence-electron chi connectivity index (χ2n) is 18.7. The van der Waals surface area contributed by atoms with Crippen LogP contribution in [0, 0.1) is 0 Å². The largest absolute Gasteiger partial charge is 0.309 e. The highest BCUT2D eigenvalue weighted by atomic mass is 15.0. The van der Waals surface area contributed by atoms with Crippen LogP contribution in [-0.4, -0.2) is 24.1 Å². The van der Waals surface area contributed by atoms with Crippen LogP contribution in [0.25, 0.3) is 143 Å². The Morgan fingerprint density at radius 1 is 0.236 bits per heavy atom. The highest BCUT2D eigenvalue weighted by molar-refractivity contribution is 6.29. The van der Waals surface area contributed by atoms with Gasteiger partial charge < -0.3 is 9.13 Å². The van der Waals surface area contributed by atoms with Crippen molar-refractivity contribution in [2.45, 2.75) is 0 Å². The van der Waals surface area contributed by atoms with Crippen molar-refractivity contribution in [3.05, 3.63) is 249 Å². The molecule has 0 aliphatic rings. The second-order valence-corrected chi connectivity index (χ2v) is 18.7. The predicted molar refractivity (Wildman–Crippen MR) is 300 cm³/mol. The predicted octanol–water partition coefficient (Wildman–Crippen LogP) is 17.3. The first-order valence-corrected chi connectivity index (χ1v) is 24.5. The van der Waals surface area contributed by atoms with Gasteiger partial charge in [0.2, 0.25) is 0 Å². The lowest BCUT2D eigenvalue weighted by Gasteiger charge is -2.18. The molecule has 334 valence electrons. The normalized spacial score (nSPS) is 11.9. The molecular weight excluding hydrogens is 875 g/mol. The molecule has 15 rings (SSSR count). The van der Waals surface area contributed by atoms with Crippen molar-refractivity contribution >= 4 is 86.7 Å². The maximum atomic E-state index is 5.31. The lowest BCUT2D eigenvalue weighted by Crippen LogP contribution is -2.02. The molecule has 0 unspecified atom stereocenters. The number of rotatable bonds is 6. The summed E-state index contributed by atoms with van der Waals surface area (Å²) in [6.07, 6.45) is 0. The zero-order valence-electron chi connectivity index (χ0n) is 38.9. The van der Waals surface area contributed by atoms with Gasteiger partial charge >= 0.3 is 0 Å². The first-order valence-electron chi connectivity index (χ1n) is 24.5. The third kappa shape index (κ3) is 6.17. The molecule has 0 amide bonds. The summed E-state index contributed by atoms with van der Waals surface area (Å²) in [5, 5.41) is 14.4. The topological polar surface area (TPSA) is 48.5 Å². The highest BCUT2D eigenvalue weighted by Crippen LogP contribution is 2.46. The highest BCUT2D eigenvalue weighted by Gasteiger charge is 2.23. The van der Waals surface area contributed by atoms with E-state index in [1.54, 1.807) is 0 Å². The third-order valence-electron chi connectivity index (χ3n) is 14.7. The molecular formula is C67H41N5. The molecule has 0 atom stereocenters. The van der Waals surface area contributed by atoms with Crippen molar-refractivity contribution in [1.29, 1.82) is 0 Å². The lowest BCUT2D eigenvalue weighted by molar-refractivity contribution is 1.07. The summed E-state index contributed by atoms with van der Waals surface area (Å²) < 4.78 is 4.88. The fourth-order valence-electron chi connectivity index (χ4n) is 11.5. The van der Waals surface area contributed by atoms with Crippen molar-refractivity contribution in [3.8, 4) is 56.7 Å². The molecule has 0 radical (unpaired) electrons. The molecule has 0 saturated carbocycles. The molecule has 12 aromatic carbocycles. The van der Waals surface area contributed by atoms with Crippen LogP contribution in [0.5, 0.6) is 0 Å². The van der Waals surface area contributed by atoms with E-state index in [0.29, 0.717) is 17.5 Å². The Balaban J connectivity index is 1.04. The number of para-hydroxylation sites is 2. The van der Waals surface area contributed by atoms with Crippen molar-refractivity contribution in [2.75, 3.05) is 0 Å². The Hall–Kier alpha value is -9.71. The first kappa shape index (κ1) is 40.2. The number of aromatic nitrogens is 5. The van der Waals surface area contributed by atoms with Gasteiger partial charge in [0.1, 0.15) is 0 Å². The van der Waals surface area contributed by atoms with Crippen molar-refractivity contribution in [2.24, 2.45) is 0 Å². The Labute approximate surface area is 414 Å². The minimum Gasteiger partial charge on any atom is -0.309 e. The minimum atomic E-state index is 0.612. The van der Waals surface area contributed by atoms with E-state index in [4.69, 9.17) is 15.0 Å². The van der Waals surface area contributed by atoms with Gasteiger partial charge in [-0.2, -0.15) is 0 Å². The van der Waals surface area contributed by atoms with E-state index in [2.05, 4.69) is 221 Å². The van der Waals surface area contributed by atoms with Crippen LogP contribution in [0.4, 0.5) is 0 Å². The zero-order chi connectivity index (χ0) is 47.3. The van der Waals surface area contributed by atoms with Crippen LogP contribution in [0.1, 0.15) is 0 Å². The van der Waals surface area contributed by atoms with Gasteiger partial charge in [-0.3, -0.25) is 0 Å². The molecule has 3 aromatic heterocycles. The van der Waals surface area contributed by atoms with Gasteiger partial charge in [-0.25, -0.2) is 15.0 Å². The fourth-order valence-corrected chi connectivity index (χ4v) is 11.5. The summed E-state index contributed by atoms with van der Waals surface area (Å²) >= 11 is 0. The zero-order valence-corrected chi connectivity index (χ0v) is 38.9. The number of benzene rings is 12. The summed E-state index contributed by atoms with van der Waals surface area (Å²) in [6.45, 7) is 0. The molecule has 0 saturated heterocycles. The molecule has 3 heterocycles. The van der Waals surface area contributed by atoms with Crippen molar-refractivity contribution < 1.29 is 0 Å². The molecule has 5 heteroatoms. The standard InChI is InChI=1S/C67H41N5/c1-4-19-43(20-5-1)65-68-66(44-21-6-2-7-22-44)70-67(69-65)47-40-56-52-28-13-12-26-50(52)51-27-14-15-30-54(51)64(56)62(41-47)72-60-36-34-46(39-57(60)63-49-25-11-10-18-42(49)32-37-61(63)72)45-33-35-59-55(38-45)53-29-16-17-31-58(53)71(59)48-23-8-3-9-24-48/h1-41H. The monoisotopic (exact) mass is 915 g/mol. The summed E-state index contributed by atoms with van der Waals surface area (Å²) in [5.41, 5.74) is 11.9. The Morgan fingerprint density at radius 3 is 1.36 bits per heavy atom. The molecule has 0 aliphatic carbocycles. The van der Waals surface area contributed by atoms with E-state index >= 15 is 0 Å². The van der Waals surface area contributed by atoms with Gasteiger partial charge in [0.05, 0.1) is 27.8 Å². The van der Waals surface area contributed by atoms with E-state index in [0.717, 1.165) is 50.0 Å². The SMILES string of the molecule is c1ccc(-c2nc(-c3ccccc3)nc(-c3cc(-n4c5ccc(-c6ccc7c(c6)c6ccccc6n7-c6ccccc6)cc5c5c6ccccc6ccc54)c4c5ccccc5c5ccccc5c4c3)n2)cc1. The molecule has 5 nitrogen and oxygen atoms in total. The van der Waals surface area contributed by atoms with Crippen LogP contribution >= 0.6 is 0 Å². The van der Waals surface area contributed by atoms with E-state index in [1.807, 2.05) is 36.4 Å². The van der Waals surface area contributed by atoms with Gasteiger partial charge in [-0.15, -0.1) is 0 Å². The van der Waals surface area contributed by atoms with E-state index in [9.17, 15) is 0 Å². The van der Waals surface area contributed by atoms with Crippen LogP contribution in [0.3, 0.4) is 0 Å². The lowest BCUT2D eigenvalue weighted by atomic mass is 9.91. The maximum absolute atomic E-state index is 5.31. The molecule has 0 aliphatic heterocycles. The average Bonchev–Trinajstić information content (AvgIpc) is 3.98. The van der Waals surface area contributed by atoms with Crippen molar-refractivity contribution in [3.63, 3.8) is 0 Å². The van der Waals surface area contributed by atoms with Gasteiger partial charge in [0, 0.05) is 49.3 Å². The number of fused-ring (bicyclic) bond motifs is 14. The van der Waals surface area contributed by atoms with Gasteiger partial charge in [0.15, 0.2) is 17.5 Å². The van der Waals surface area contributed by atoms with Crippen LogP contribution in [0.15, 0.2) is 249 Å². The first-order chi connectivity index (χ1) is 35.7. The number of hydrogen-bond acceptors (Lipinski definition) is 3. The number of nitrogens with zero attached hydrogens (tertiary/aromatic N) is 5. The molecule has 0 fully saturated rings. The van der Waals surface area contributed by atoms with Crippen molar-refractivity contribution in [1.82, 2.24) is 24.1 Å². The molecule has 0 bridgehead atoms. The molecule has 0 spiro atoms. The Kier molecular flexibility index (Phi) is 8.89. The summed E-state index contributed by atoms with van der Waals surface area (Å²) in [6, 6.07) is 89.6. The van der Waals surface area contributed by atoms with Gasteiger partial charge in [-0.1, -0.05) is 188 Å². The molecule has 72 heavy (non-hydrogen) atoms. The summed E-state index contributed by atoms with van der Waals surface area (Å²) in [4.78, 5) is 15.7. The Bertz CT molecular complexity index is 4610. The summed E-state index contributed by atoms with van der Waals surface area (Å²) in [5.74, 6) is 1.87. The number of hydrogen-bond donors (Lipinski definition) is 0.